The first-order valence-corrected chi connectivity index (χ1v) is 10.9. The van der Waals surface area contributed by atoms with E-state index in [2.05, 4.69) is 15.5 Å². The summed E-state index contributed by atoms with van der Waals surface area (Å²) >= 11 is 6.10. The molecule has 0 N–H and O–H groups in total. The summed E-state index contributed by atoms with van der Waals surface area (Å²) < 4.78 is 7.46. The molecular formula is C23H25ClN4O2. The summed E-state index contributed by atoms with van der Waals surface area (Å²) in [6.45, 7) is 4.78. The number of amides is 1. The van der Waals surface area contributed by atoms with Crippen LogP contribution in [0.25, 0.3) is 16.9 Å². The number of carbonyl (C=O) groups is 1. The maximum absolute atomic E-state index is 12.4. The highest BCUT2D eigenvalue weighted by atomic mass is 35.5. The van der Waals surface area contributed by atoms with Gasteiger partial charge in [-0.2, -0.15) is 0 Å². The van der Waals surface area contributed by atoms with Gasteiger partial charge in [0, 0.05) is 48.5 Å². The zero-order chi connectivity index (χ0) is 20.7. The van der Waals surface area contributed by atoms with Crippen LogP contribution in [0.1, 0.15) is 25.5 Å². The van der Waals surface area contributed by atoms with Crippen molar-refractivity contribution in [1.29, 1.82) is 0 Å². The van der Waals surface area contributed by atoms with Gasteiger partial charge in [0.1, 0.15) is 5.65 Å². The number of piperazine rings is 1. The van der Waals surface area contributed by atoms with Gasteiger partial charge in [-0.1, -0.05) is 29.8 Å². The Morgan fingerprint density at radius 3 is 2.57 bits per heavy atom. The van der Waals surface area contributed by atoms with E-state index in [1.54, 1.807) is 0 Å². The lowest BCUT2D eigenvalue weighted by Crippen LogP contribution is -2.55. The third kappa shape index (κ3) is 3.44. The molecule has 2 unspecified atom stereocenters. The summed E-state index contributed by atoms with van der Waals surface area (Å²) in [5.41, 5.74) is 4.15. The Bertz CT molecular complexity index is 1050. The van der Waals surface area contributed by atoms with Crippen molar-refractivity contribution in [2.24, 2.45) is 0 Å². The second kappa shape index (κ2) is 7.93. The molecule has 2 aromatic heterocycles. The van der Waals surface area contributed by atoms with Crippen molar-refractivity contribution < 1.29 is 9.53 Å². The molecule has 30 heavy (non-hydrogen) atoms. The van der Waals surface area contributed by atoms with Gasteiger partial charge in [0.25, 0.3) is 0 Å². The van der Waals surface area contributed by atoms with Crippen molar-refractivity contribution in [2.45, 2.75) is 38.4 Å². The first kappa shape index (κ1) is 19.4. The van der Waals surface area contributed by atoms with E-state index in [0.29, 0.717) is 6.61 Å². The van der Waals surface area contributed by atoms with Gasteiger partial charge < -0.3 is 9.14 Å². The molecule has 7 heteroatoms. The summed E-state index contributed by atoms with van der Waals surface area (Å²) in [6, 6.07) is 14.4. The molecule has 5 rings (SSSR count). The number of fused-ring (bicyclic) bond motifs is 3. The zero-order valence-corrected chi connectivity index (χ0v) is 17.8. The fourth-order valence-corrected chi connectivity index (χ4v) is 4.99. The normalized spacial score (nSPS) is 21.3. The number of hydrogen-bond acceptors (Lipinski definition) is 4. The lowest BCUT2D eigenvalue weighted by Gasteiger charge is -2.40. The molecule has 4 heterocycles. The molecule has 0 spiro atoms. The Hall–Kier alpha value is -2.57. The Labute approximate surface area is 181 Å². The molecule has 2 atom stereocenters. The summed E-state index contributed by atoms with van der Waals surface area (Å²) in [6.07, 6.45) is 3.98. The van der Waals surface area contributed by atoms with E-state index in [-0.39, 0.29) is 18.2 Å². The molecule has 2 bridgehead atoms. The van der Waals surface area contributed by atoms with Gasteiger partial charge in [-0.25, -0.2) is 9.78 Å². The first-order chi connectivity index (χ1) is 14.6. The Balaban J connectivity index is 1.44. The van der Waals surface area contributed by atoms with Crippen molar-refractivity contribution >= 4 is 23.3 Å². The highest BCUT2D eigenvalue weighted by molar-refractivity contribution is 6.30. The van der Waals surface area contributed by atoms with Crippen LogP contribution in [-0.2, 0) is 11.3 Å². The number of ether oxygens (including phenoxy) is 1. The molecule has 156 valence electrons. The number of hydrogen-bond donors (Lipinski definition) is 0. The van der Waals surface area contributed by atoms with Gasteiger partial charge in [0.2, 0.25) is 0 Å². The van der Waals surface area contributed by atoms with Crippen molar-refractivity contribution in [1.82, 2.24) is 19.2 Å². The molecule has 2 aliphatic heterocycles. The lowest BCUT2D eigenvalue weighted by atomic mass is 10.1. The topological polar surface area (TPSA) is 50.1 Å². The third-order valence-corrected chi connectivity index (χ3v) is 6.41. The van der Waals surface area contributed by atoms with E-state index in [9.17, 15) is 4.79 Å². The molecule has 0 saturated carbocycles. The van der Waals surface area contributed by atoms with Crippen LogP contribution in [0.15, 0.2) is 48.7 Å². The van der Waals surface area contributed by atoms with Crippen LogP contribution in [0.4, 0.5) is 4.79 Å². The second-order valence-electron chi connectivity index (χ2n) is 8.03. The molecule has 3 aromatic rings. The minimum Gasteiger partial charge on any atom is -0.450 e. The quantitative estimate of drug-likeness (QED) is 0.620. The standard InChI is InChI=1S/C23H25ClN4O2/c1-2-30-23(29)28-18-10-11-19(28)14-26(13-18)15-20-22(16-6-8-17(24)9-7-16)25-21-5-3-4-12-27(20)21/h3-9,12,18-19H,2,10-11,13-15H2,1H3. The number of carbonyl (C=O) groups excluding carboxylic acids is 1. The maximum Gasteiger partial charge on any atom is 0.410 e. The largest absolute Gasteiger partial charge is 0.450 e. The monoisotopic (exact) mass is 424 g/mol. The number of benzene rings is 1. The number of rotatable bonds is 4. The Kier molecular flexibility index (Phi) is 5.13. The molecule has 2 aliphatic rings. The van der Waals surface area contributed by atoms with E-state index in [1.807, 2.05) is 54.3 Å². The van der Waals surface area contributed by atoms with Crippen LogP contribution in [0, 0.1) is 0 Å². The number of pyridine rings is 1. The van der Waals surface area contributed by atoms with E-state index in [0.717, 1.165) is 60.1 Å². The van der Waals surface area contributed by atoms with Crippen LogP contribution in [-0.4, -0.2) is 57.1 Å². The highest BCUT2D eigenvalue weighted by Crippen LogP contribution is 2.33. The Morgan fingerprint density at radius 1 is 1.13 bits per heavy atom. The number of nitrogens with zero attached hydrogens (tertiary/aromatic N) is 4. The summed E-state index contributed by atoms with van der Waals surface area (Å²) in [5.74, 6) is 0. The minimum absolute atomic E-state index is 0.165. The number of likely N-dealkylation sites (tertiary alicyclic amines) is 1. The third-order valence-electron chi connectivity index (χ3n) is 6.16. The van der Waals surface area contributed by atoms with Crippen LogP contribution >= 0.6 is 11.6 Å². The molecular weight excluding hydrogens is 400 g/mol. The van der Waals surface area contributed by atoms with Crippen LogP contribution in [0.2, 0.25) is 5.02 Å². The Morgan fingerprint density at radius 2 is 1.87 bits per heavy atom. The minimum atomic E-state index is -0.165. The van der Waals surface area contributed by atoms with Crippen LogP contribution < -0.4 is 0 Å². The second-order valence-corrected chi connectivity index (χ2v) is 8.46. The number of imidazole rings is 1. The highest BCUT2D eigenvalue weighted by Gasteiger charge is 2.43. The smallest absolute Gasteiger partial charge is 0.410 e. The summed E-state index contributed by atoms with van der Waals surface area (Å²) in [7, 11) is 0. The summed E-state index contributed by atoms with van der Waals surface area (Å²) in [4.78, 5) is 21.7. The van der Waals surface area contributed by atoms with E-state index in [4.69, 9.17) is 21.3 Å². The molecule has 2 saturated heterocycles. The van der Waals surface area contributed by atoms with E-state index >= 15 is 0 Å². The fourth-order valence-electron chi connectivity index (χ4n) is 4.86. The predicted molar refractivity (Wildman–Crippen MR) is 117 cm³/mol. The molecule has 2 fully saturated rings. The molecule has 6 nitrogen and oxygen atoms in total. The van der Waals surface area contributed by atoms with Gasteiger partial charge in [-0.3, -0.25) is 9.80 Å². The molecule has 1 amide bonds. The van der Waals surface area contributed by atoms with Crippen LogP contribution in [0.5, 0.6) is 0 Å². The average Bonchev–Trinajstić information content (AvgIpc) is 3.24. The van der Waals surface area contributed by atoms with Crippen molar-refractivity contribution in [3.05, 3.63) is 59.4 Å². The van der Waals surface area contributed by atoms with Gasteiger partial charge in [-0.15, -0.1) is 0 Å². The van der Waals surface area contributed by atoms with E-state index in [1.165, 1.54) is 0 Å². The SMILES string of the molecule is CCOC(=O)N1C2CCC1CN(Cc1c(-c3ccc(Cl)cc3)nc3ccccn13)C2. The van der Waals surface area contributed by atoms with Gasteiger partial charge in [0.15, 0.2) is 0 Å². The van der Waals surface area contributed by atoms with Gasteiger partial charge in [0.05, 0.1) is 18.0 Å². The lowest BCUT2D eigenvalue weighted by molar-refractivity contribution is 0.0413. The van der Waals surface area contributed by atoms with Crippen LogP contribution in [0.3, 0.4) is 0 Å². The first-order valence-electron chi connectivity index (χ1n) is 10.5. The van der Waals surface area contributed by atoms with Crippen molar-refractivity contribution in [3.8, 4) is 11.3 Å². The molecule has 0 radical (unpaired) electrons. The zero-order valence-electron chi connectivity index (χ0n) is 17.0. The number of halogens is 1. The number of aromatic nitrogens is 2. The molecule has 0 aliphatic carbocycles. The molecule has 1 aromatic carbocycles. The maximum atomic E-state index is 12.4. The van der Waals surface area contributed by atoms with Gasteiger partial charge >= 0.3 is 6.09 Å². The fraction of sp³-hybridized carbons (Fsp3) is 0.391. The van der Waals surface area contributed by atoms with Crippen molar-refractivity contribution in [2.75, 3.05) is 19.7 Å². The average molecular weight is 425 g/mol. The van der Waals surface area contributed by atoms with E-state index < -0.39 is 0 Å². The van der Waals surface area contributed by atoms with Gasteiger partial charge in [-0.05, 0) is 44.0 Å². The van der Waals surface area contributed by atoms with Crippen molar-refractivity contribution in [3.63, 3.8) is 0 Å². The summed E-state index contributed by atoms with van der Waals surface area (Å²) in [5, 5.41) is 0.718. The predicted octanol–water partition coefficient (Wildman–Crippen LogP) is 4.46.